The van der Waals surface area contributed by atoms with Crippen molar-refractivity contribution in [3.63, 3.8) is 0 Å². The molecule has 23 heteroatoms. The number of aliphatic hydroxyl groups is 4. The molecule has 4 fully saturated rings. The Kier molecular flexibility index (Phi) is 17.8. The van der Waals surface area contributed by atoms with E-state index < -0.39 is 12.2 Å². The molecule has 424 valence electrons. The number of anilines is 6. The number of nitrogens with zero attached hydrogens (tertiary/aromatic N) is 13. The summed E-state index contributed by atoms with van der Waals surface area (Å²) in [6, 6.07) is 25.6. The molecule has 2 aliphatic carbocycles. The Bertz CT molecular complexity index is 3570. The molecule has 2 atom stereocenters. The maximum Gasteiger partial charge on any atom is 0.191 e. The van der Waals surface area contributed by atoms with Crippen LogP contribution in [0.3, 0.4) is 0 Å². The Morgan fingerprint density at radius 2 is 1.07 bits per heavy atom. The van der Waals surface area contributed by atoms with Gasteiger partial charge in [-0.25, -0.2) is 27.8 Å². The van der Waals surface area contributed by atoms with E-state index in [1.54, 1.807) is 24.3 Å². The summed E-state index contributed by atoms with van der Waals surface area (Å²) in [6.07, 6.45) is 3.01. The molecule has 4 aliphatic rings. The van der Waals surface area contributed by atoms with Gasteiger partial charge in [-0.3, -0.25) is 4.90 Å². The number of rotatable bonds is 15. The Morgan fingerprint density at radius 3 is 1.44 bits per heavy atom. The number of β-amino-alcohol motifs (C(OH)–C–C–N with tert-alkyl or cyclic N) is 1. The van der Waals surface area contributed by atoms with Crippen LogP contribution in [0.4, 0.5) is 41.8 Å². The molecule has 0 bridgehead atoms. The minimum absolute atomic E-state index is 0.108. The van der Waals surface area contributed by atoms with E-state index in [9.17, 15) is 29.5 Å². The van der Waals surface area contributed by atoms with Crippen LogP contribution in [0, 0.1) is 48.1 Å². The number of aryl methyl sites for hydroxylation is 2. The summed E-state index contributed by atoms with van der Waals surface area (Å²) in [5.41, 5.74) is 13.3. The third-order valence-electron chi connectivity index (χ3n) is 14.9. The van der Waals surface area contributed by atoms with Crippen molar-refractivity contribution in [3.05, 3.63) is 117 Å². The standard InChI is InChI=1S/C29H32FN7O2S.C26H26FN7S.C3H7ClO2/c1-18-13-22(36-11-9-35(10-12-36)16-23(39)17-38)14-24-28(27(20-3-4-20)33-37(18)24)34(2)29-32-26(25(15-31)40-29)19-5-7-21(30)8-6-19;1-16-13-20(33-11-9-29-10-12-33)14-21-25(24(18-3-4-18)31-34(16)21)32(2)26-30-23(22(15-28)35-26)17-5-7-19(27)8-6-17;4-1-3(6)2-5/h5-8,13-14,20,23,38-39H,3-4,9-12,16-17H2,1-2H3;5-8,13-14,18,29H,3-4,9-12H2,1-2H3;3,5-6H,1-2H2/t23-;;3-/m1.1/s1. The molecule has 5 N–H and O–H groups in total. The van der Waals surface area contributed by atoms with E-state index in [4.69, 9.17) is 42.0 Å². The summed E-state index contributed by atoms with van der Waals surface area (Å²) in [7, 11) is 3.98. The second-order valence-electron chi connectivity index (χ2n) is 20.9. The van der Waals surface area contributed by atoms with Crippen molar-refractivity contribution in [3.8, 4) is 34.7 Å². The van der Waals surface area contributed by atoms with Gasteiger partial charge in [-0.05, 0) is 112 Å². The van der Waals surface area contributed by atoms with Crippen molar-refractivity contribution in [2.24, 2.45) is 0 Å². The molecule has 8 aromatic rings. The monoisotopic (exact) mass is 1160 g/mol. The van der Waals surface area contributed by atoms with Crippen LogP contribution in [-0.4, -0.2) is 159 Å². The number of aliphatic hydroxyl groups excluding tert-OH is 4. The Labute approximate surface area is 481 Å². The zero-order valence-corrected chi connectivity index (χ0v) is 48.0. The highest BCUT2D eigenvalue weighted by Gasteiger charge is 2.36. The number of halogens is 3. The van der Waals surface area contributed by atoms with E-state index in [1.165, 1.54) is 52.6 Å². The highest BCUT2D eigenvalue weighted by atomic mass is 35.5. The molecule has 2 saturated carbocycles. The van der Waals surface area contributed by atoms with Gasteiger partial charge in [-0.15, -0.1) is 11.6 Å². The average Bonchev–Trinajstić information content (AvgIpc) is 4.40. The molecule has 0 spiro atoms. The number of alkyl halides is 1. The Morgan fingerprint density at radius 1 is 0.654 bits per heavy atom. The smallest absolute Gasteiger partial charge is 0.191 e. The van der Waals surface area contributed by atoms with Gasteiger partial charge in [0.15, 0.2) is 10.3 Å². The van der Waals surface area contributed by atoms with Crippen molar-refractivity contribution in [2.75, 3.05) is 112 Å². The van der Waals surface area contributed by atoms with Crippen LogP contribution in [-0.2, 0) is 0 Å². The number of piperazine rings is 2. The number of hydrogen-bond donors (Lipinski definition) is 5. The molecular formula is C58H65ClF2N14O4S2. The molecule has 2 aromatic carbocycles. The molecule has 0 unspecified atom stereocenters. The van der Waals surface area contributed by atoms with Gasteiger partial charge in [0.1, 0.15) is 44.9 Å². The lowest BCUT2D eigenvalue weighted by Crippen LogP contribution is -2.49. The minimum atomic E-state index is -0.744. The van der Waals surface area contributed by atoms with E-state index in [1.807, 2.05) is 28.0 Å². The number of thiazole rings is 2. The second kappa shape index (κ2) is 25.1. The van der Waals surface area contributed by atoms with Crippen LogP contribution in [0.15, 0.2) is 72.8 Å². The first-order valence-electron chi connectivity index (χ1n) is 27.1. The number of nitriles is 2. The highest BCUT2D eigenvalue weighted by molar-refractivity contribution is 7.17. The number of fused-ring (bicyclic) bond motifs is 2. The van der Waals surface area contributed by atoms with Crippen LogP contribution in [0.5, 0.6) is 0 Å². The van der Waals surface area contributed by atoms with Crippen molar-refractivity contribution >= 4 is 78.3 Å². The van der Waals surface area contributed by atoms with Crippen LogP contribution < -0.4 is 24.9 Å². The lowest BCUT2D eigenvalue weighted by atomic mass is 10.1. The van der Waals surface area contributed by atoms with Crippen LogP contribution in [0.1, 0.15) is 70.0 Å². The summed E-state index contributed by atoms with van der Waals surface area (Å²) in [5.74, 6) is 0.313. The number of benzene rings is 2. The fraction of sp³-hybridized carbons (Fsp3) is 0.414. The predicted molar refractivity (Wildman–Crippen MR) is 315 cm³/mol. The number of nitrogens with one attached hydrogen (secondary N) is 1. The summed E-state index contributed by atoms with van der Waals surface area (Å²) >= 11 is 7.72. The van der Waals surface area contributed by atoms with Crippen molar-refractivity contribution in [1.82, 2.24) is 39.4 Å². The van der Waals surface area contributed by atoms with Crippen molar-refractivity contribution in [1.29, 1.82) is 10.5 Å². The molecule has 8 heterocycles. The van der Waals surface area contributed by atoms with Gasteiger partial charge in [0, 0.05) is 119 Å². The zero-order valence-electron chi connectivity index (χ0n) is 45.6. The Balaban J connectivity index is 0.000000166. The third kappa shape index (κ3) is 12.6. The van der Waals surface area contributed by atoms with Gasteiger partial charge >= 0.3 is 0 Å². The van der Waals surface area contributed by atoms with E-state index in [2.05, 4.69) is 75.2 Å². The Hall–Kier alpha value is -6.83. The summed E-state index contributed by atoms with van der Waals surface area (Å²) in [5, 5.41) is 69.9. The first-order chi connectivity index (χ1) is 39.2. The van der Waals surface area contributed by atoms with Gasteiger partial charge in [-0.1, -0.05) is 22.7 Å². The third-order valence-corrected chi connectivity index (χ3v) is 17.4. The second-order valence-corrected chi connectivity index (χ2v) is 23.1. The van der Waals surface area contributed by atoms with Gasteiger partial charge in [0.2, 0.25) is 0 Å². The lowest BCUT2D eigenvalue weighted by molar-refractivity contribution is 0.0575. The maximum atomic E-state index is 13.5. The first-order valence-corrected chi connectivity index (χ1v) is 29.3. The molecule has 81 heavy (non-hydrogen) atoms. The predicted octanol–water partition coefficient (Wildman–Crippen LogP) is 8.31. The van der Waals surface area contributed by atoms with Gasteiger partial charge in [-0.2, -0.15) is 20.7 Å². The van der Waals surface area contributed by atoms with E-state index in [-0.39, 0.29) is 30.7 Å². The molecule has 2 aliphatic heterocycles. The molecule has 0 amide bonds. The molecular weight excluding hydrogens is 1090 g/mol. The van der Waals surface area contributed by atoms with Gasteiger partial charge < -0.3 is 45.3 Å². The minimum Gasteiger partial charge on any atom is -0.394 e. The van der Waals surface area contributed by atoms with Crippen molar-refractivity contribution < 1.29 is 29.2 Å². The van der Waals surface area contributed by atoms with Crippen LogP contribution >= 0.6 is 34.3 Å². The lowest BCUT2D eigenvalue weighted by Gasteiger charge is -2.37. The highest BCUT2D eigenvalue weighted by Crippen LogP contribution is 2.50. The van der Waals surface area contributed by atoms with Gasteiger partial charge in [0.25, 0.3) is 0 Å². The van der Waals surface area contributed by atoms with Crippen molar-refractivity contribution in [2.45, 2.75) is 63.6 Å². The maximum absolute atomic E-state index is 13.5. The quantitative estimate of drug-likeness (QED) is 0.0610. The summed E-state index contributed by atoms with van der Waals surface area (Å²) < 4.78 is 31.1. The van der Waals surface area contributed by atoms with E-state index in [0.29, 0.717) is 50.2 Å². The zero-order chi connectivity index (χ0) is 57.1. The molecule has 18 nitrogen and oxygen atoms in total. The molecule has 12 rings (SSSR count). The van der Waals surface area contributed by atoms with E-state index in [0.717, 1.165) is 140 Å². The first kappa shape index (κ1) is 57.4. The molecule has 2 saturated heterocycles. The SMILES string of the molecule is Cc1cc(N2CCN(C[C@@H](O)CO)CC2)cc2c(N(C)c3nc(-c4ccc(F)cc4)c(C#N)s3)c(C3CC3)nn12.Cc1cc(N2CCNCC2)cc2c(N(C)c3nc(-c4ccc(F)cc4)c(C#N)s3)c(C3CC3)nn12.OC[C@H](O)CCl. The number of aromatic nitrogens is 6. The van der Waals surface area contributed by atoms with Crippen LogP contribution in [0.2, 0.25) is 0 Å². The molecule has 6 aromatic heterocycles. The average molecular weight is 1160 g/mol. The van der Waals surface area contributed by atoms with Crippen LogP contribution in [0.25, 0.3) is 33.5 Å². The summed E-state index contributed by atoms with van der Waals surface area (Å²) in [4.78, 5) is 21.8. The fourth-order valence-corrected chi connectivity index (χ4v) is 12.1. The fourth-order valence-electron chi connectivity index (χ4n) is 10.3. The molecule has 0 radical (unpaired) electrons. The summed E-state index contributed by atoms with van der Waals surface area (Å²) in [6.45, 7) is 11.3. The normalized spacial score (nSPS) is 16.3. The largest absolute Gasteiger partial charge is 0.394 e. The topological polar surface area (TPSA) is 217 Å². The number of hydrogen-bond acceptors (Lipinski definition) is 18. The van der Waals surface area contributed by atoms with Gasteiger partial charge in [0.05, 0.1) is 65.1 Å². The van der Waals surface area contributed by atoms with E-state index >= 15 is 0 Å². The number of pyridine rings is 2.